The Morgan fingerprint density at radius 3 is 2.57 bits per heavy atom. The maximum Gasteiger partial charge on any atom is 0.153 e. The van der Waals surface area contributed by atoms with Crippen molar-refractivity contribution < 1.29 is 9.53 Å². The zero-order valence-corrected chi connectivity index (χ0v) is 13.4. The highest BCUT2D eigenvalue weighted by atomic mass is 16.5. The molecule has 5 nitrogen and oxygen atoms in total. The van der Waals surface area contributed by atoms with E-state index >= 15 is 0 Å². The number of ketones is 1. The number of hydrogen-bond acceptors (Lipinski definition) is 5. The highest BCUT2D eigenvalue weighted by Crippen LogP contribution is 2.42. The van der Waals surface area contributed by atoms with Gasteiger partial charge >= 0.3 is 0 Å². The van der Waals surface area contributed by atoms with E-state index in [0.717, 1.165) is 26.1 Å². The molecule has 120 valence electrons. The zero-order valence-electron chi connectivity index (χ0n) is 13.4. The van der Waals surface area contributed by atoms with Gasteiger partial charge in [0.05, 0.1) is 18.8 Å². The standard InChI is InChI=1S/C16H29N3O2/c1-3-14(20)16(18-17-2)7-13(8-16)5-4-6-19-9-15(10-19)11-21-12-15/h13,17-18H,3-12H2,1-2H3. The number of Topliss-reactive ketones (excluding diaryl/α,β-unsaturated/α-hetero) is 1. The number of carbonyl (C=O) groups is 1. The number of hydrogen-bond donors (Lipinski definition) is 2. The molecule has 0 bridgehead atoms. The fraction of sp³-hybridized carbons (Fsp3) is 0.938. The Balaban J connectivity index is 1.32. The number of likely N-dealkylation sites (tertiary alicyclic amines) is 1. The van der Waals surface area contributed by atoms with Gasteiger partial charge in [0.15, 0.2) is 5.78 Å². The van der Waals surface area contributed by atoms with Crippen molar-refractivity contribution in [2.24, 2.45) is 11.3 Å². The second-order valence-electron chi connectivity index (χ2n) is 7.35. The quantitative estimate of drug-likeness (QED) is 0.653. The lowest BCUT2D eigenvalue weighted by Gasteiger charge is -2.55. The number of carbonyl (C=O) groups excluding carboxylic acids is 1. The normalized spacial score (nSPS) is 34.1. The Morgan fingerprint density at radius 2 is 2.05 bits per heavy atom. The molecule has 2 saturated heterocycles. The Labute approximate surface area is 127 Å². The summed E-state index contributed by atoms with van der Waals surface area (Å²) in [6.45, 7) is 7.59. The summed E-state index contributed by atoms with van der Waals surface area (Å²) in [5.41, 5.74) is 6.43. The molecule has 21 heavy (non-hydrogen) atoms. The molecule has 2 heterocycles. The lowest BCUT2D eigenvalue weighted by molar-refractivity contribution is -0.189. The molecule has 1 spiro atoms. The van der Waals surface area contributed by atoms with Crippen molar-refractivity contribution in [2.75, 3.05) is 39.9 Å². The summed E-state index contributed by atoms with van der Waals surface area (Å²) in [6, 6.07) is 0. The van der Waals surface area contributed by atoms with Gasteiger partial charge in [-0.3, -0.25) is 10.2 Å². The molecule has 0 aromatic heterocycles. The van der Waals surface area contributed by atoms with Crippen LogP contribution in [-0.4, -0.2) is 56.1 Å². The molecule has 2 aliphatic heterocycles. The molecule has 2 N–H and O–H groups in total. The lowest BCUT2D eigenvalue weighted by Crippen LogP contribution is -2.66. The number of rotatable bonds is 8. The minimum atomic E-state index is -0.280. The van der Waals surface area contributed by atoms with Crippen LogP contribution in [0.4, 0.5) is 0 Å². The second-order valence-corrected chi connectivity index (χ2v) is 7.35. The number of nitrogens with zero attached hydrogens (tertiary/aromatic N) is 1. The van der Waals surface area contributed by atoms with Crippen LogP contribution in [0.2, 0.25) is 0 Å². The van der Waals surface area contributed by atoms with Crippen molar-refractivity contribution in [3.8, 4) is 0 Å². The van der Waals surface area contributed by atoms with Crippen LogP contribution in [-0.2, 0) is 9.53 Å². The zero-order chi connectivity index (χ0) is 14.9. The Kier molecular flexibility index (Phi) is 4.37. The minimum Gasteiger partial charge on any atom is -0.380 e. The molecule has 3 aliphatic rings. The van der Waals surface area contributed by atoms with Crippen LogP contribution in [0.1, 0.15) is 39.0 Å². The molecule has 0 aromatic rings. The molecule has 3 rings (SSSR count). The predicted molar refractivity (Wildman–Crippen MR) is 81.9 cm³/mol. The molecule has 0 radical (unpaired) electrons. The molecular formula is C16H29N3O2. The van der Waals surface area contributed by atoms with Gasteiger partial charge < -0.3 is 9.64 Å². The van der Waals surface area contributed by atoms with Crippen LogP contribution in [0.5, 0.6) is 0 Å². The number of nitrogens with one attached hydrogen (secondary N) is 2. The monoisotopic (exact) mass is 295 g/mol. The van der Waals surface area contributed by atoms with Crippen LogP contribution in [0.25, 0.3) is 0 Å². The molecule has 5 heteroatoms. The SMILES string of the molecule is CCC(=O)C1(NNC)CC(CCCN2CC3(COC3)C2)C1. The summed E-state index contributed by atoms with van der Waals surface area (Å²) in [4.78, 5) is 14.6. The molecular weight excluding hydrogens is 266 g/mol. The fourth-order valence-electron chi connectivity index (χ4n) is 4.34. The van der Waals surface area contributed by atoms with Crippen LogP contribution >= 0.6 is 0 Å². The molecule has 0 amide bonds. The van der Waals surface area contributed by atoms with E-state index < -0.39 is 0 Å². The Hall–Kier alpha value is -0.490. The van der Waals surface area contributed by atoms with Crippen LogP contribution in [0, 0.1) is 11.3 Å². The summed E-state index contributed by atoms with van der Waals surface area (Å²) in [5.74, 6) is 1.06. The first kappa shape index (κ1) is 15.4. The highest BCUT2D eigenvalue weighted by Gasteiger charge is 2.49. The maximum absolute atomic E-state index is 12.1. The van der Waals surface area contributed by atoms with Gasteiger partial charge in [0, 0.05) is 24.9 Å². The maximum atomic E-state index is 12.1. The molecule has 0 unspecified atom stereocenters. The van der Waals surface area contributed by atoms with E-state index in [4.69, 9.17) is 4.74 Å². The van der Waals surface area contributed by atoms with Gasteiger partial charge in [-0.05, 0) is 45.2 Å². The van der Waals surface area contributed by atoms with Gasteiger partial charge in [0.25, 0.3) is 0 Å². The van der Waals surface area contributed by atoms with Crippen molar-refractivity contribution in [2.45, 2.75) is 44.6 Å². The largest absolute Gasteiger partial charge is 0.380 e. The second kappa shape index (κ2) is 5.95. The fourth-order valence-corrected chi connectivity index (χ4v) is 4.34. The summed E-state index contributed by atoms with van der Waals surface area (Å²) in [6.07, 6.45) is 5.14. The van der Waals surface area contributed by atoms with E-state index in [1.807, 2.05) is 14.0 Å². The Morgan fingerprint density at radius 1 is 1.33 bits per heavy atom. The first-order chi connectivity index (χ1) is 10.1. The van der Waals surface area contributed by atoms with Crippen molar-refractivity contribution in [1.29, 1.82) is 0 Å². The third-order valence-corrected chi connectivity index (χ3v) is 5.51. The van der Waals surface area contributed by atoms with Crippen LogP contribution in [0.15, 0.2) is 0 Å². The number of hydrazine groups is 1. The summed E-state index contributed by atoms with van der Waals surface area (Å²) >= 11 is 0. The van der Waals surface area contributed by atoms with E-state index in [1.165, 1.54) is 32.5 Å². The predicted octanol–water partition coefficient (Wildman–Crippen LogP) is 0.951. The molecule has 0 atom stereocenters. The van der Waals surface area contributed by atoms with Crippen molar-refractivity contribution in [3.63, 3.8) is 0 Å². The lowest BCUT2D eigenvalue weighted by atomic mass is 9.64. The average Bonchev–Trinajstić information content (AvgIpc) is 2.34. The van der Waals surface area contributed by atoms with Crippen LogP contribution in [0.3, 0.4) is 0 Å². The van der Waals surface area contributed by atoms with Crippen molar-refractivity contribution >= 4 is 5.78 Å². The van der Waals surface area contributed by atoms with E-state index in [2.05, 4.69) is 15.8 Å². The first-order valence-corrected chi connectivity index (χ1v) is 8.39. The first-order valence-electron chi connectivity index (χ1n) is 8.39. The van der Waals surface area contributed by atoms with Gasteiger partial charge in [-0.15, -0.1) is 0 Å². The molecule has 1 aliphatic carbocycles. The van der Waals surface area contributed by atoms with E-state index in [0.29, 0.717) is 23.5 Å². The molecule has 0 aromatic carbocycles. The Bertz CT molecular complexity index is 381. The van der Waals surface area contributed by atoms with Gasteiger partial charge in [0.1, 0.15) is 0 Å². The molecule has 1 saturated carbocycles. The average molecular weight is 295 g/mol. The summed E-state index contributed by atoms with van der Waals surface area (Å²) in [5, 5.41) is 0. The minimum absolute atomic E-state index is 0.280. The third-order valence-electron chi connectivity index (χ3n) is 5.51. The van der Waals surface area contributed by atoms with Crippen molar-refractivity contribution in [1.82, 2.24) is 15.8 Å². The van der Waals surface area contributed by atoms with Gasteiger partial charge in [0.2, 0.25) is 0 Å². The summed E-state index contributed by atoms with van der Waals surface area (Å²) < 4.78 is 5.30. The highest BCUT2D eigenvalue weighted by molar-refractivity contribution is 5.89. The van der Waals surface area contributed by atoms with Gasteiger partial charge in [-0.1, -0.05) is 6.92 Å². The van der Waals surface area contributed by atoms with Gasteiger partial charge in [-0.2, -0.15) is 0 Å². The topological polar surface area (TPSA) is 53.6 Å². The number of ether oxygens (including phenoxy) is 1. The molecule has 3 fully saturated rings. The van der Waals surface area contributed by atoms with E-state index in [9.17, 15) is 4.79 Å². The summed E-state index contributed by atoms with van der Waals surface area (Å²) in [7, 11) is 1.85. The smallest absolute Gasteiger partial charge is 0.153 e. The van der Waals surface area contributed by atoms with E-state index in [-0.39, 0.29) is 5.54 Å². The van der Waals surface area contributed by atoms with Gasteiger partial charge in [-0.25, -0.2) is 5.43 Å². The van der Waals surface area contributed by atoms with Crippen LogP contribution < -0.4 is 10.9 Å². The third kappa shape index (κ3) is 2.89. The van der Waals surface area contributed by atoms with E-state index in [1.54, 1.807) is 0 Å². The van der Waals surface area contributed by atoms with Crippen molar-refractivity contribution in [3.05, 3.63) is 0 Å².